The van der Waals surface area contributed by atoms with Gasteiger partial charge in [-0.25, -0.2) is 19.4 Å². The number of ether oxygens (including phenoxy) is 1. The van der Waals surface area contributed by atoms with Crippen molar-refractivity contribution in [3.63, 3.8) is 0 Å². The topological polar surface area (TPSA) is 127 Å². The average molecular weight is 275 g/mol. The van der Waals surface area contributed by atoms with Gasteiger partial charge >= 0.3 is 17.5 Å². The van der Waals surface area contributed by atoms with Gasteiger partial charge in [0.25, 0.3) is 0 Å². The van der Waals surface area contributed by atoms with Gasteiger partial charge in [0.05, 0.1) is 19.2 Å². The number of aliphatic hydroxyl groups excluding tert-OH is 1. The van der Waals surface area contributed by atoms with Crippen molar-refractivity contribution >= 4 is 6.09 Å². The third kappa shape index (κ3) is 5.00. The maximum Gasteiger partial charge on any atom is 0.440 e. The molecule has 0 fully saturated rings. The van der Waals surface area contributed by atoms with E-state index in [9.17, 15) is 14.4 Å². The maximum atomic E-state index is 11.5. The van der Waals surface area contributed by atoms with Crippen molar-refractivity contribution in [2.45, 2.75) is 39.0 Å². The summed E-state index contributed by atoms with van der Waals surface area (Å²) in [6, 6.07) is -0.813. The van der Waals surface area contributed by atoms with E-state index < -0.39 is 35.8 Å². The summed E-state index contributed by atoms with van der Waals surface area (Å²) < 4.78 is 10.2. The Balaban J connectivity index is 2.64. The summed E-state index contributed by atoms with van der Waals surface area (Å²) in [5.41, 5.74) is -1.43. The van der Waals surface area contributed by atoms with Crippen LogP contribution in [0, 0.1) is 0 Å². The molecule has 0 radical (unpaired) electrons. The van der Waals surface area contributed by atoms with Crippen LogP contribution in [-0.2, 0) is 11.3 Å². The lowest BCUT2D eigenvalue weighted by Gasteiger charge is -2.22. The molecule has 1 rings (SSSR count). The number of aromatic amines is 1. The number of carbonyl (C=O) groups excluding carboxylic acids is 1. The Kier molecular flexibility index (Phi) is 4.54. The highest BCUT2D eigenvalue weighted by atomic mass is 16.6. The highest BCUT2D eigenvalue weighted by Gasteiger charge is 2.20. The van der Waals surface area contributed by atoms with E-state index in [0.29, 0.717) is 4.74 Å². The van der Waals surface area contributed by atoms with E-state index in [4.69, 9.17) is 9.84 Å². The van der Waals surface area contributed by atoms with E-state index in [1.54, 1.807) is 20.8 Å². The lowest BCUT2D eigenvalue weighted by molar-refractivity contribution is 0.0461. The molecule has 0 bridgehead atoms. The molecule has 0 aliphatic rings. The molecule has 19 heavy (non-hydrogen) atoms. The molecule has 0 saturated heterocycles. The molecule has 9 nitrogen and oxygen atoms in total. The zero-order valence-electron chi connectivity index (χ0n) is 10.9. The molecule has 0 spiro atoms. The Morgan fingerprint density at radius 1 is 1.53 bits per heavy atom. The van der Waals surface area contributed by atoms with Crippen LogP contribution in [-0.4, -0.2) is 39.2 Å². The third-order valence-corrected chi connectivity index (χ3v) is 1.96. The zero-order valence-corrected chi connectivity index (χ0v) is 10.9. The van der Waals surface area contributed by atoms with Crippen molar-refractivity contribution in [3.05, 3.63) is 21.0 Å². The van der Waals surface area contributed by atoms with Gasteiger partial charge in [0.15, 0.2) is 0 Å². The van der Waals surface area contributed by atoms with E-state index in [-0.39, 0.29) is 6.54 Å². The number of H-pyrrole nitrogens is 1. The zero-order chi connectivity index (χ0) is 14.6. The molecule has 0 saturated carbocycles. The Labute approximate surface area is 108 Å². The van der Waals surface area contributed by atoms with Gasteiger partial charge in [-0.05, 0) is 20.8 Å². The SMILES string of the molecule is CC(C)(C)OC(=O)NC(CO)Cn1oc(=O)[nH]c1=O. The van der Waals surface area contributed by atoms with Gasteiger partial charge in [-0.2, -0.15) is 0 Å². The third-order valence-electron chi connectivity index (χ3n) is 1.96. The number of alkyl carbamates (subject to hydrolysis) is 1. The van der Waals surface area contributed by atoms with E-state index in [1.165, 1.54) is 0 Å². The number of rotatable bonds is 4. The summed E-state index contributed by atoms with van der Waals surface area (Å²) in [6.45, 7) is 4.44. The number of nitrogens with zero attached hydrogens (tertiary/aromatic N) is 1. The van der Waals surface area contributed by atoms with Crippen molar-refractivity contribution in [1.82, 2.24) is 15.0 Å². The van der Waals surface area contributed by atoms with Gasteiger partial charge in [-0.15, -0.1) is 4.74 Å². The van der Waals surface area contributed by atoms with Crippen molar-refractivity contribution < 1.29 is 19.2 Å². The van der Waals surface area contributed by atoms with Crippen LogP contribution in [0.3, 0.4) is 0 Å². The fourth-order valence-electron chi connectivity index (χ4n) is 1.26. The molecule has 3 N–H and O–H groups in total. The second-order valence-electron chi connectivity index (χ2n) is 4.90. The van der Waals surface area contributed by atoms with Crippen LogP contribution in [0.2, 0.25) is 0 Å². The lowest BCUT2D eigenvalue weighted by Crippen LogP contribution is -2.44. The summed E-state index contributed by atoms with van der Waals surface area (Å²) in [5.74, 6) is -0.904. The standard InChI is InChI=1S/C10H17N3O6/c1-10(2,3)18-8(16)11-6(5-14)4-13-7(15)12-9(17)19-13/h6,14H,4-5H2,1-3H3,(H,11,16)(H,12,15,17). The van der Waals surface area contributed by atoms with Crippen LogP contribution >= 0.6 is 0 Å². The highest BCUT2D eigenvalue weighted by Crippen LogP contribution is 2.06. The first kappa shape index (κ1) is 15.0. The first-order valence-electron chi connectivity index (χ1n) is 5.62. The predicted octanol–water partition coefficient (Wildman–Crippen LogP) is -0.985. The largest absolute Gasteiger partial charge is 0.444 e. The molecule has 1 aromatic heterocycles. The molecule has 1 atom stereocenters. The maximum absolute atomic E-state index is 11.5. The van der Waals surface area contributed by atoms with Gasteiger partial charge in [0.2, 0.25) is 0 Å². The van der Waals surface area contributed by atoms with Gasteiger partial charge in [0, 0.05) is 0 Å². The number of carbonyl (C=O) groups is 1. The number of aliphatic hydroxyl groups is 1. The number of aromatic nitrogens is 2. The normalized spacial score (nSPS) is 13.1. The van der Waals surface area contributed by atoms with Crippen LogP contribution in [0.25, 0.3) is 0 Å². The van der Waals surface area contributed by atoms with Gasteiger partial charge in [0.1, 0.15) is 5.60 Å². The minimum atomic E-state index is -0.904. The van der Waals surface area contributed by atoms with Gasteiger partial charge < -0.3 is 19.7 Å². The number of amides is 1. The van der Waals surface area contributed by atoms with Gasteiger partial charge in [-0.1, -0.05) is 0 Å². The molecular formula is C10H17N3O6. The average Bonchev–Trinajstić information content (AvgIpc) is 2.53. The fraction of sp³-hybridized carbons (Fsp3) is 0.700. The quantitative estimate of drug-likeness (QED) is 0.648. The number of hydrogen-bond donors (Lipinski definition) is 3. The number of hydrogen-bond acceptors (Lipinski definition) is 6. The molecule has 1 aromatic rings. The highest BCUT2D eigenvalue weighted by molar-refractivity contribution is 5.68. The van der Waals surface area contributed by atoms with E-state index in [1.807, 2.05) is 4.98 Å². The second kappa shape index (κ2) is 5.74. The van der Waals surface area contributed by atoms with Crippen LogP contribution in [0.1, 0.15) is 20.8 Å². The molecule has 0 aliphatic carbocycles. The summed E-state index contributed by atoms with van der Waals surface area (Å²) in [7, 11) is 0. The van der Waals surface area contributed by atoms with Crippen LogP contribution < -0.4 is 16.8 Å². The van der Waals surface area contributed by atoms with Crippen molar-refractivity contribution in [2.24, 2.45) is 0 Å². The Hall–Kier alpha value is -2.03. The smallest absolute Gasteiger partial charge is 0.440 e. The fourth-order valence-corrected chi connectivity index (χ4v) is 1.26. The molecule has 0 aromatic carbocycles. The summed E-state index contributed by atoms with van der Waals surface area (Å²) in [5, 5.41) is 11.5. The van der Waals surface area contributed by atoms with Crippen LogP contribution in [0.15, 0.2) is 14.1 Å². The molecule has 9 heteroatoms. The molecule has 1 heterocycles. The molecule has 1 amide bonds. The van der Waals surface area contributed by atoms with Crippen molar-refractivity contribution in [2.75, 3.05) is 6.61 Å². The Bertz CT molecular complexity index is 534. The van der Waals surface area contributed by atoms with E-state index >= 15 is 0 Å². The summed E-state index contributed by atoms with van der Waals surface area (Å²) in [4.78, 5) is 35.3. The van der Waals surface area contributed by atoms with Gasteiger partial charge in [-0.3, -0.25) is 0 Å². The van der Waals surface area contributed by atoms with Crippen molar-refractivity contribution in [3.8, 4) is 0 Å². The minimum absolute atomic E-state index is 0.187. The second-order valence-corrected chi connectivity index (χ2v) is 4.90. The molecule has 108 valence electrons. The Morgan fingerprint density at radius 3 is 2.58 bits per heavy atom. The summed E-state index contributed by atoms with van der Waals surface area (Å²) in [6.07, 6.45) is -0.738. The number of nitrogens with one attached hydrogen (secondary N) is 2. The minimum Gasteiger partial charge on any atom is -0.444 e. The van der Waals surface area contributed by atoms with Crippen LogP contribution in [0.4, 0.5) is 4.79 Å². The molecular weight excluding hydrogens is 258 g/mol. The summed E-state index contributed by atoms with van der Waals surface area (Å²) >= 11 is 0. The first-order valence-corrected chi connectivity index (χ1v) is 5.62. The first-order chi connectivity index (χ1) is 8.71. The molecule has 0 aliphatic heterocycles. The van der Waals surface area contributed by atoms with Crippen LogP contribution in [0.5, 0.6) is 0 Å². The van der Waals surface area contributed by atoms with Crippen molar-refractivity contribution in [1.29, 1.82) is 0 Å². The van der Waals surface area contributed by atoms with E-state index in [0.717, 1.165) is 0 Å². The Morgan fingerprint density at radius 2 is 2.16 bits per heavy atom. The lowest BCUT2D eigenvalue weighted by atomic mass is 10.2. The van der Waals surface area contributed by atoms with E-state index in [2.05, 4.69) is 9.84 Å². The molecule has 1 unspecified atom stereocenters. The predicted molar refractivity (Wildman–Crippen MR) is 63.8 cm³/mol. The monoisotopic (exact) mass is 275 g/mol.